The maximum atomic E-state index is 12.6. The number of esters is 1. The zero-order valence-corrected chi connectivity index (χ0v) is 16.2. The van der Waals surface area contributed by atoms with Crippen molar-refractivity contribution in [2.45, 2.75) is 18.8 Å². The van der Waals surface area contributed by atoms with Crippen molar-refractivity contribution in [3.8, 4) is 0 Å². The van der Waals surface area contributed by atoms with Gasteiger partial charge >= 0.3 is 5.97 Å². The van der Waals surface area contributed by atoms with E-state index in [1.807, 2.05) is 0 Å². The van der Waals surface area contributed by atoms with Crippen molar-refractivity contribution in [2.24, 2.45) is 0 Å². The number of thioether (sulfide) groups is 1. The van der Waals surface area contributed by atoms with Gasteiger partial charge in [-0.1, -0.05) is 24.3 Å². The maximum absolute atomic E-state index is 12.6. The van der Waals surface area contributed by atoms with Gasteiger partial charge in [-0.25, -0.2) is 4.79 Å². The summed E-state index contributed by atoms with van der Waals surface area (Å²) < 4.78 is 4.92. The van der Waals surface area contributed by atoms with Crippen LogP contribution in [-0.4, -0.2) is 40.0 Å². The molecule has 2 aromatic carbocycles. The molecule has 29 heavy (non-hydrogen) atoms. The molecule has 1 N–H and O–H groups in total. The summed E-state index contributed by atoms with van der Waals surface area (Å²) >= 11 is 0.845. The van der Waals surface area contributed by atoms with Crippen molar-refractivity contribution < 1.29 is 29.0 Å². The van der Waals surface area contributed by atoms with E-state index in [2.05, 4.69) is 5.32 Å². The Labute approximate surface area is 170 Å². The van der Waals surface area contributed by atoms with Gasteiger partial charge in [0, 0.05) is 5.69 Å². The van der Waals surface area contributed by atoms with E-state index in [1.165, 1.54) is 24.3 Å². The number of imide groups is 1. The van der Waals surface area contributed by atoms with Crippen molar-refractivity contribution in [2.75, 3.05) is 11.9 Å². The second kappa shape index (κ2) is 8.78. The van der Waals surface area contributed by atoms with Crippen molar-refractivity contribution in [1.29, 1.82) is 0 Å². The molecule has 1 saturated heterocycles. The zero-order chi connectivity index (χ0) is 21.0. The van der Waals surface area contributed by atoms with Crippen LogP contribution in [0.4, 0.5) is 10.5 Å². The molecular weight excluding hydrogens is 396 g/mol. The van der Waals surface area contributed by atoms with Crippen LogP contribution >= 0.6 is 11.8 Å². The molecule has 1 aliphatic heterocycles. The Morgan fingerprint density at radius 3 is 2.28 bits per heavy atom. The Bertz CT molecular complexity index is 942. The molecule has 0 spiro atoms. The Kier molecular flexibility index (Phi) is 6.18. The number of nitrogens with one attached hydrogen (secondary N) is 1. The van der Waals surface area contributed by atoms with Crippen molar-refractivity contribution in [3.05, 3.63) is 65.2 Å². The van der Waals surface area contributed by atoms with Crippen LogP contribution < -0.4 is 10.4 Å². The number of hydrogen-bond donors (Lipinski definition) is 1. The van der Waals surface area contributed by atoms with E-state index in [4.69, 9.17) is 4.74 Å². The Morgan fingerprint density at radius 1 is 1.07 bits per heavy atom. The molecule has 1 fully saturated rings. The van der Waals surface area contributed by atoms with Crippen molar-refractivity contribution >= 4 is 40.5 Å². The summed E-state index contributed by atoms with van der Waals surface area (Å²) in [4.78, 5) is 48.5. The van der Waals surface area contributed by atoms with Gasteiger partial charge in [-0.3, -0.25) is 14.5 Å². The molecule has 0 bridgehead atoms. The molecule has 2 amide bonds. The highest BCUT2D eigenvalue weighted by Gasteiger charge is 2.39. The first-order valence-corrected chi connectivity index (χ1v) is 9.63. The molecule has 0 unspecified atom stereocenters. The van der Waals surface area contributed by atoms with E-state index in [9.17, 15) is 24.3 Å². The molecule has 0 aliphatic carbocycles. The predicted molar refractivity (Wildman–Crippen MR) is 104 cm³/mol. The maximum Gasteiger partial charge on any atom is 0.338 e. The zero-order valence-electron chi connectivity index (χ0n) is 15.4. The average Bonchev–Trinajstić information content (AvgIpc) is 2.96. The van der Waals surface area contributed by atoms with E-state index in [0.717, 1.165) is 16.7 Å². The van der Waals surface area contributed by atoms with Gasteiger partial charge in [0.1, 0.15) is 0 Å². The number of amides is 2. The first kappa shape index (κ1) is 20.4. The van der Waals surface area contributed by atoms with Crippen LogP contribution in [0.5, 0.6) is 0 Å². The highest BCUT2D eigenvalue weighted by molar-refractivity contribution is 8.15. The standard InChI is InChI=1S/C20H18N2O6S/c1-2-28-19(26)14-5-3-12(4-6-14)11-22-17(23)16(29-20(22)27)21-15-9-7-13(8-10-15)18(24)25/h3-10,16,21H,2,11H2,1H3,(H,24,25)/p-1/t16-/m1/s1. The number of carbonyl (C=O) groups excluding carboxylic acids is 4. The highest BCUT2D eigenvalue weighted by Crippen LogP contribution is 2.29. The Hall–Kier alpha value is -3.33. The second-order valence-corrected chi connectivity index (χ2v) is 7.17. The number of anilines is 1. The molecular formula is C20H17N2O6S-. The van der Waals surface area contributed by atoms with Gasteiger partial charge in [0.2, 0.25) is 0 Å². The summed E-state index contributed by atoms with van der Waals surface area (Å²) in [5.74, 6) is -2.13. The molecule has 8 nitrogen and oxygen atoms in total. The van der Waals surface area contributed by atoms with Gasteiger partial charge in [-0.15, -0.1) is 0 Å². The van der Waals surface area contributed by atoms with Crippen LogP contribution in [0.2, 0.25) is 0 Å². The third-order valence-electron chi connectivity index (χ3n) is 4.15. The number of carboxylic acids is 1. The third kappa shape index (κ3) is 4.75. The topological polar surface area (TPSA) is 116 Å². The van der Waals surface area contributed by atoms with Gasteiger partial charge < -0.3 is 20.0 Å². The fourth-order valence-corrected chi connectivity index (χ4v) is 3.58. The molecule has 2 aromatic rings. The Morgan fingerprint density at radius 2 is 1.69 bits per heavy atom. The minimum Gasteiger partial charge on any atom is -0.545 e. The molecule has 3 rings (SSSR count). The summed E-state index contributed by atoms with van der Waals surface area (Å²) in [6.07, 6.45) is 0. The molecule has 1 heterocycles. The fraction of sp³-hybridized carbons (Fsp3) is 0.200. The van der Waals surface area contributed by atoms with E-state index < -0.39 is 28.5 Å². The van der Waals surface area contributed by atoms with E-state index in [0.29, 0.717) is 16.8 Å². The van der Waals surface area contributed by atoms with Gasteiger partial charge in [0.25, 0.3) is 11.1 Å². The van der Waals surface area contributed by atoms with Crippen LogP contribution in [0.15, 0.2) is 48.5 Å². The molecule has 0 aromatic heterocycles. The number of nitrogens with zero attached hydrogens (tertiary/aromatic N) is 1. The summed E-state index contributed by atoms with van der Waals surface area (Å²) in [6.45, 7) is 2.07. The minimum atomic E-state index is -1.29. The number of aromatic carboxylic acids is 1. The molecule has 1 atom stereocenters. The van der Waals surface area contributed by atoms with E-state index in [-0.39, 0.29) is 18.7 Å². The summed E-state index contributed by atoms with van der Waals surface area (Å²) in [6, 6.07) is 12.2. The fourth-order valence-electron chi connectivity index (χ4n) is 2.68. The molecule has 0 saturated carbocycles. The van der Waals surface area contributed by atoms with Gasteiger partial charge in [-0.2, -0.15) is 0 Å². The van der Waals surface area contributed by atoms with Gasteiger partial charge in [0.15, 0.2) is 5.37 Å². The third-order valence-corrected chi connectivity index (χ3v) is 5.13. The van der Waals surface area contributed by atoms with Gasteiger partial charge in [-0.05, 0) is 54.1 Å². The van der Waals surface area contributed by atoms with E-state index >= 15 is 0 Å². The number of ether oxygens (including phenoxy) is 1. The number of carboxylic acid groups (broad SMARTS) is 1. The lowest BCUT2D eigenvalue weighted by atomic mass is 10.1. The largest absolute Gasteiger partial charge is 0.545 e. The quantitative estimate of drug-likeness (QED) is 0.684. The van der Waals surface area contributed by atoms with Crippen LogP contribution in [0.3, 0.4) is 0 Å². The summed E-state index contributed by atoms with van der Waals surface area (Å²) in [5.41, 5.74) is 1.61. The predicted octanol–water partition coefficient (Wildman–Crippen LogP) is 1.86. The normalized spacial score (nSPS) is 16.0. The second-order valence-electron chi connectivity index (χ2n) is 6.11. The lowest BCUT2D eigenvalue weighted by Crippen LogP contribution is -2.34. The SMILES string of the molecule is CCOC(=O)c1ccc(CN2C(=O)S[C@@H](Nc3ccc(C(=O)[O-])cc3)C2=O)cc1. The lowest BCUT2D eigenvalue weighted by molar-refractivity contribution is -0.255. The van der Waals surface area contributed by atoms with Crippen LogP contribution in [-0.2, 0) is 16.1 Å². The number of carbonyl (C=O) groups is 4. The van der Waals surface area contributed by atoms with E-state index in [1.54, 1.807) is 31.2 Å². The average molecular weight is 413 g/mol. The monoisotopic (exact) mass is 413 g/mol. The van der Waals surface area contributed by atoms with Crippen LogP contribution in [0, 0.1) is 0 Å². The first-order valence-electron chi connectivity index (χ1n) is 8.75. The van der Waals surface area contributed by atoms with Crippen molar-refractivity contribution in [3.63, 3.8) is 0 Å². The van der Waals surface area contributed by atoms with Crippen molar-refractivity contribution in [1.82, 2.24) is 4.90 Å². The number of rotatable bonds is 7. The van der Waals surface area contributed by atoms with Crippen LogP contribution in [0.1, 0.15) is 33.2 Å². The lowest BCUT2D eigenvalue weighted by Gasteiger charge is -2.15. The van der Waals surface area contributed by atoms with Crippen LogP contribution in [0.25, 0.3) is 0 Å². The minimum absolute atomic E-state index is 0.0184. The summed E-state index contributed by atoms with van der Waals surface area (Å²) in [7, 11) is 0. The molecule has 9 heteroatoms. The van der Waals surface area contributed by atoms with Gasteiger partial charge in [0.05, 0.1) is 24.7 Å². The number of hydrogen-bond acceptors (Lipinski definition) is 8. The molecule has 0 radical (unpaired) electrons. The highest BCUT2D eigenvalue weighted by atomic mass is 32.2. The Balaban J connectivity index is 1.64. The molecule has 1 aliphatic rings. The molecule has 150 valence electrons. The first-order chi connectivity index (χ1) is 13.9. The number of benzene rings is 2. The summed E-state index contributed by atoms with van der Waals surface area (Å²) in [5, 5.41) is 12.5. The smallest absolute Gasteiger partial charge is 0.338 e.